The molecule has 1 saturated heterocycles. The third kappa shape index (κ3) is 4.54. The van der Waals surface area contributed by atoms with Crippen LogP contribution in [0.5, 0.6) is 5.75 Å². The first-order chi connectivity index (χ1) is 16.4. The Morgan fingerprint density at radius 2 is 2.12 bits per heavy atom. The van der Waals surface area contributed by atoms with Crippen LogP contribution < -0.4 is 15.9 Å². The predicted molar refractivity (Wildman–Crippen MR) is 117 cm³/mol. The van der Waals surface area contributed by atoms with Crippen molar-refractivity contribution in [2.75, 3.05) is 25.9 Å². The number of ether oxygens (including phenoxy) is 1. The number of nitrogen functional groups attached to an aromatic ring is 1. The van der Waals surface area contributed by atoms with Gasteiger partial charge in [0.05, 0.1) is 17.7 Å². The second-order valence-corrected chi connectivity index (χ2v) is 7.53. The van der Waals surface area contributed by atoms with Crippen LogP contribution in [-0.2, 0) is 6.54 Å². The number of anilines is 1. The van der Waals surface area contributed by atoms with Gasteiger partial charge in [0.25, 0.3) is 5.91 Å². The molecule has 1 aromatic carbocycles. The molecule has 1 aliphatic rings. The van der Waals surface area contributed by atoms with Crippen LogP contribution in [0, 0.1) is 10.1 Å². The van der Waals surface area contributed by atoms with Crippen LogP contribution in [0.15, 0.2) is 27.9 Å². The van der Waals surface area contributed by atoms with Crippen LogP contribution in [0.3, 0.4) is 0 Å². The van der Waals surface area contributed by atoms with Gasteiger partial charge in [-0.1, -0.05) is 5.21 Å². The van der Waals surface area contributed by atoms with Gasteiger partial charge in [-0.05, 0) is 55.3 Å². The van der Waals surface area contributed by atoms with Crippen molar-refractivity contribution in [1.82, 2.24) is 35.6 Å². The monoisotopic (exact) mass is 470 g/mol. The van der Waals surface area contributed by atoms with E-state index in [0.29, 0.717) is 23.5 Å². The van der Waals surface area contributed by atoms with Crippen molar-refractivity contribution in [3.63, 3.8) is 0 Å². The molecule has 0 spiro atoms. The Morgan fingerprint density at radius 3 is 2.76 bits per heavy atom. The number of nitro groups is 1. The van der Waals surface area contributed by atoms with Crippen LogP contribution in [0.2, 0.25) is 0 Å². The Hall–Kier alpha value is -4.40. The SMILES string of the molecule is COc1ccc(/C(C)=N/NC(=O)c2c(CN3CCCC3)nnn2-c2nonc2N)cc1[N+](=O)[O-]. The molecular weight excluding hydrogens is 448 g/mol. The van der Waals surface area contributed by atoms with Crippen LogP contribution in [0.1, 0.15) is 41.5 Å². The molecule has 4 rings (SSSR count). The van der Waals surface area contributed by atoms with E-state index >= 15 is 0 Å². The highest BCUT2D eigenvalue weighted by Crippen LogP contribution is 2.27. The fourth-order valence-corrected chi connectivity index (χ4v) is 3.60. The minimum atomic E-state index is -0.621. The summed E-state index contributed by atoms with van der Waals surface area (Å²) in [5.41, 5.74) is 9.28. The first-order valence-electron chi connectivity index (χ1n) is 10.3. The molecule has 0 radical (unpaired) electrons. The standard InChI is InChI=1S/C19H22N10O5/c1-11(12-5-6-15(33-2)14(9-12)29(31)32)21-23-19(30)16-13(10-27-7-3-4-8-27)22-26-28(16)18-17(20)24-34-25-18/h5-6,9H,3-4,7-8,10H2,1-2H3,(H2,20,24)(H,23,30)/b21-11+. The number of hydrazone groups is 1. The number of rotatable bonds is 8. The lowest BCUT2D eigenvalue weighted by Crippen LogP contribution is -2.26. The molecule has 178 valence electrons. The Kier molecular flexibility index (Phi) is 6.44. The van der Waals surface area contributed by atoms with Gasteiger partial charge < -0.3 is 10.5 Å². The summed E-state index contributed by atoms with van der Waals surface area (Å²) >= 11 is 0. The van der Waals surface area contributed by atoms with E-state index in [1.165, 1.54) is 19.2 Å². The molecule has 1 aliphatic heterocycles. The highest BCUT2D eigenvalue weighted by Gasteiger charge is 2.27. The lowest BCUT2D eigenvalue weighted by Gasteiger charge is -2.13. The number of methoxy groups -OCH3 is 1. The topological polar surface area (TPSA) is 193 Å². The van der Waals surface area contributed by atoms with Gasteiger partial charge in [0, 0.05) is 18.2 Å². The van der Waals surface area contributed by atoms with E-state index in [-0.39, 0.29) is 28.8 Å². The van der Waals surface area contributed by atoms with Gasteiger partial charge in [-0.2, -0.15) is 9.78 Å². The number of carbonyl (C=O) groups is 1. The summed E-state index contributed by atoms with van der Waals surface area (Å²) in [4.78, 5) is 26.1. The number of nitrogens with zero attached hydrogens (tertiary/aromatic N) is 8. The maximum atomic E-state index is 13.2. The second-order valence-electron chi connectivity index (χ2n) is 7.53. The fraction of sp³-hybridized carbons (Fsp3) is 0.368. The normalized spacial score (nSPS) is 14.4. The van der Waals surface area contributed by atoms with Crippen LogP contribution in [0.25, 0.3) is 5.82 Å². The number of hydrogen-bond donors (Lipinski definition) is 2. The highest BCUT2D eigenvalue weighted by molar-refractivity contribution is 6.01. The first-order valence-corrected chi connectivity index (χ1v) is 10.3. The Morgan fingerprint density at radius 1 is 1.35 bits per heavy atom. The molecule has 0 unspecified atom stereocenters. The maximum Gasteiger partial charge on any atom is 0.311 e. The third-order valence-electron chi connectivity index (χ3n) is 5.34. The van der Waals surface area contributed by atoms with Crippen molar-refractivity contribution < 1.29 is 19.1 Å². The van der Waals surface area contributed by atoms with Crippen molar-refractivity contribution in [3.8, 4) is 11.6 Å². The third-order valence-corrected chi connectivity index (χ3v) is 5.34. The molecule has 15 nitrogen and oxygen atoms in total. The molecule has 0 atom stereocenters. The molecule has 3 aromatic rings. The summed E-state index contributed by atoms with van der Waals surface area (Å²) in [6, 6.07) is 4.38. The van der Waals surface area contributed by atoms with E-state index in [1.54, 1.807) is 13.0 Å². The molecule has 2 aromatic heterocycles. The minimum absolute atomic E-state index is 0.0248. The van der Waals surface area contributed by atoms with Crippen LogP contribution in [0.4, 0.5) is 11.5 Å². The number of amides is 1. The number of nitrogens with one attached hydrogen (secondary N) is 1. The summed E-state index contributed by atoms with van der Waals surface area (Å²) in [7, 11) is 1.34. The molecular formula is C19H22N10O5. The van der Waals surface area contributed by atoms with Gasteiger partial charge in [0.15, 0.2) is 11.4 Å². The Balaban J connectivity index is 1.62. The second kappa shape index (κ2) is 9.62. The average molecular weight is 470 g/mol. The molecule has 0 bridgehead atoms. The maximum absolute atomic E-state index is 13.2. The minimum Gasteiger partial charge on any atom is -0.490 e. The Bertz CT molecular complexity index is 1240. The van der Waals surface area contributed by atoms with Crippen molar-refractivity contribution in [2.24, 2.45) is 5.10 Å². The van der Waals surface area contributed by atoms with Crippen LogP contribution >= 0.6 is 0 Å². The zero-order valence-corrected chi connectivity index (χ0v) is 18.5. The largest absolute Gasteiger partial charge is 0.490 e. The van der Waals surface area contributed by atoms with E-state index in [0.717, 1.165) is 30.6 Å². The number of nitro benzene ring substituents is 1. The van der Waals surface area contributed by atoms with Crippen molar-refractivity contribution >= 4 is 23.1 Å². The van der Waals surface area contributed by atoms with Gasteiger partial charge in [0.1, 0.15) is 5.69 Å². The zero-order chi connectivity index (χ0) is 24.2. The number of nitrogens with two attached hydrogens (primary N) is 1. The fourth-order valence-electron chi connectivity index (χ4n) is 3.60. The Labute approximate surface area is 192 Å². The number of likely N-dealkylation sites (tertiary alicyclic amines) is 1. The molecule has 3 N–H and O–H groups in total. The summed E-state index contributed by atoms with van der Waals surface area (Å²) < 4.78 is 10.8. The van der Waals surface area contributed by atoms with Crippen LogP contribution in [-0.4, -0.2) is 66.9 Å². The summed E-state index contributed by atoms with van der Waals surface area (Å²) in [6.07, 6.45) is 2.13. The summed E-state index contributed by atoms with van der Waals surface area (Å²) in [5, 5.41) is 30.8. The predicted octanol–water partition coefficient (Wildman–Crippen LogP) is 0.899. The van der Waals surface area contributed by atoms with Gasteiger partial charge in [0.2, 0.25) is 11.6 Å². The van der Waals surface area contributed by atoms with Gasteiger partial charge in [-0.15, -0.1) is 5.10 Å². The summed E-state index contributed by atoms with van der Waals surface area (Å²) in [5.74, 6) is -0.538. The smallest absolute Gasteiger partial charge is 0.311 e. The summed E-state index contributed by atoms with van der Waals surface area (Å²) in [6.45, 7) is 3.78. The van der Waals surface area contributed by atoms with Gasteiger partial charge in [-0.25, -0.2) is 10.1 Å². The molecule has 15 heteroatoms. The number of aromatic nitrogens is 5. The van der Waals surface area contributed by atoms with Crippen molar-refractivity contribution in [2.45, 2.75) is 26.3 Å². The quantitative estimate of drug-likeness (QED) is 0.270. The van der Waals surface area contributed by atoms with Crippen molar-refractivity contribution in [1.29, 1.82) is 0 Å². The van der Waals surface area contributed by atoms with E-state index in [4.69, 9.17) is 10.5 Å². The average Bonchev–Trinajstić information content (AvgIpc) is 3.58. The number of hydrogen-bond acceptors (Lipinski definition) is 12. The van der Waals surface area contributed by atoms with Gasteiger partial charge in [-0.3, -0.25) is 19.8 Å². The molecule has 1 fully saturated rings. The van der Waals surface area contributed by atoms with Gasteiger partial charge >= 0.3 is 5.69 Å². The number of benzene rings is 1. The van der Waals surface area contributed by atoms with E-state index in [9.17, 15) is 14.9 Å². The number of carbonyl (C=O) groups excluding carboxylic acids is 1. The lowest BCUT2D eigenvalue weighted by atomic mass is 10.1. The zero-order valence-electron chi connectivity index (χ0n) is 18.5. The molecule has 0 saturated carbocycles. The van der Waals surface area contributed by atoms with E-state index in [2.05, 4.69) is 40.7 Å². The molecule has 3 heterocycles. The first kappa shape index (κ1) is 22.8. The molecule has 1 amide bonds. The van der Waals surface area contributed by atoms with E-state index in [1.807, 2.05) is 0 Å². The molecule has 0 aliphatic carbocycles. The molecule has 34 heavy (non-hydrogen) atoms. The van der Waals surface area contributed by atoms with Crippen molar-refractivity contribution in [3.05, 3.63) is 45.3 Å². The van der Waals surface area contributed by atoms with E-state index < -0.39 is 10.8 Å². The highest BCUT2D eigenvalue weighted by atomic mass is 16.6. The lowest BCUT2D eigenvalue weighted by molar-refractivity contribution is -0.385.